The van der Waals surface area contributed by atoms with Gasteiger partial charge in [0.1, 0.15) is 0 Å². The maximum absolute atomic E-state index is 12.9. The van der Waals surface area contributed by atoms with E-state index < -0.39 is 26.7 Å². The molecule has 4 nitrogen and oxygen atoms in total. The van der Waals surface area contributed by atoms with Crippen molar-refractivity contribution >= 4 is 28.1 Å². The number of nitrogens with zero attached hydrogens (tertiary/aromatic N) is 1. The van der Waals surface area contributed by atoms with E-state index in [9.17, 15) is 21.6 Å². The Hall–Kier alpha value is -1.77. The third kappa shape index (κ3) is 5.47. The fraction of sp³-hybridized carbons (Fsp3) is 0.429. The van der Waals surface area contributed by atoms with E-state index in [2.05, 4.69) is 23.5 Å². The molecule has 2 aromatic rings. The highest BCUT2D eigenvalue weighted by atomic mass is 35.5. The molecule has 2 atom stereocenters. The Bertz CT molecular complexity index is 949. The van der Waals surface area contributed by atoms with Crippen LogP contribution in [-0.2, 0) is 16.2 Å². The van der Waals surface area contributed by atoms with Gasteiger partial charge in [-0.15, -0.1) is 12.4 Å². The monoisotopic (exact) mass is 462 g/mol. The van der Waals surface area contributed by atoms with Gasteiger partial charge in [-0.05, 0) is 68.8 Å². The molecule has 0 aliphatic carbocycles. The molecular weight excluding hydrogens is 437 g/mol. The van der Waals surface area contributed by atoms with Crippen LogP contribution in [0.2, 0.25) is 0 Å². The van der Waals surface area contributed by atoms with E-state index in [0.717, 1.165) is 49.7 Å². The zero-order valence-corrected chi connectivity index (χ0v) is 18.4. The van der Waals surface area contributed by atoms with Crippen LogP contribution in [-0.4, -0.2) is 32.4 Å². The average Bonchev–Trinajstić information content (AvgIpc) is 3.02. The summed E-state index contributed by atoms with van der Waals surface area (Å²) in [7, 11) is -4.11. The quantitative estimate of drug-likeness (QED) is 0.615. The van der Waals surface area contributed by atoms with E-state index in [-0.39, 0.29) is 12.4 Å². The molecule has 2 aromatic carbocycles. The maximum Gasteiger partial charge on any atom is 0.416 e. The van der Waals surface area contributed by atoms with Crippen molar-refractivity contribution in [3.05, 3.63) is 59.7 Å². The first-order valence-electron chi connectivity index (χ1n) is 9.66. The molecule has 0 amide bonds. The summed E-state index contributed by atoms with van der Waals surface area (Å²) in [6, 6.07) is 11.2. The molecule has 9 heteroatoms. The van der Waals surface area contributed by atoms with Crippen molar-refractivity contribution in [2.75, 3.05) is 17.8 Å². The van der Waals surface area contributed by atoms with E-state index in [4.69, 9.17) is 0 Å². The Labute approximate surface area is 181 Å². The van der Waals surface area contributed by atoms with Gasteiger partial charge in [-0.2, -0.15) is 13.2 Å². The number of hydrogen-bond acceptors (Lipinski definition) is 3. The highest BCUT2D eigenvalue weighted by molar-refractivity contribution is 7.92. The first-order chi connectivity index (χ1) is 13.6. The molecule has 0 spiro atoms. The third-order valence-electron chi connectivity index (χ3n) is 5.46. The summed E-state index contributed by atoms with van der Waals surface area (Å²) >= 11 is 0. The highest BCUT2D eigenvalue weighted by Crippen LogP contribution is 2.34. The molecule has 2 unspecified atom stereocenters. The number of anilines is 1. The van der Waals surface area contributed by atoms with Gasteiger partial charge in [0.2, 0.25) is 0 Å². The largest absolute Gasteiger partial charge is 0.416 e. The van der Waals surface area contributed by atoms with Crippen LogP contribution in [0, 0.1) is 0 Å². The summed E-state index contributed by atoms with van der Waals surface area (Å²) < 4.78 is 66.0. The molecule has 1 N–H and O–H groups in total. The van der Waals surface area contributed by atoms with E-state index in [1.165, 1.54) is 0 Å². The van der Waals surface area contributed by atoms with Gasteiger partial charge in [0.25, 0.3) is 10.0 Å². The van der Waals surface area contributed by atoms with Gasteiger partial charge in [0, 0.05) is 17.6 Å². The minimum atomic E-state index is -4.60. The number of rotatable bonds is 6. The van der Waals surface area contributed by atoms with Gasteiger partial charge in [-0.3, -0.25) is 4.72 Å². The smallest absolute Gasteiger partial charge is 0.300 e. The fourth-order valence-electron chi connectivity index (χ4n) is 3.90. The van der Waals surface area contributed by atoms with Crippen LogP contribution >= 0.6 is 12.4 Å². The summed E-state index contributed by atoms with van der Waals surface area (Å²) in [6.07, 6.45) is -2.44. The Kier molecular flexibility index (Phi) is 7.82. The summed E-state index contributed by atoms with van der Waals surface area (Å²) in [5, 5.41) is 0. The summed E-state index contributed by atoms with van der Waals surface area (Å²) in [6.45, 7) is 6.47. The molecular formula is C21H26ClF3N2O2S. The van der Waals surface area contributed by atoms with Gasteiger partial charge >= 0.3 is 6.18 Å². The molecule has 166 valence electrons. The summed E-state index contributed by atoms with van der Waals surface area (Å²) in [4.78, 5) is 2.03. The van der Waals surface area contributed by atoms with Crippen LogP contribution < -0.4 is 4.72 Å². The standard InChI is InChI=1S/C21H25F3N2O2S.ClH/c1-3-12-26-13-11-20(15(26)2)16-7-9-18(10-8-16)25-29(27,28)19-6-4-5-17(14-19)21(22,23)24;/h4-10,14-15,20,25H,3,11-13H2,1-2H3;1H. The second-order valence-electron chi connectivity index (χ2n) is 7.42. The molecule has 1 fully saturated rings. The molecule has 1 aliphatic rings. The lowest BCUT2D eigenvalue weighted by atomic mass is 9.92. The normalized spacial score (nSPS) is 20.0. The number of halogens is 4. The fourth-order valence-corrected chi connectivity index (χ4v) is 5.01. The Morgan fingerprint density at radius 2 is 1.80 bits per heavy atom. The van der Waals surface area contributed by atoms with Gasteiger partial charge in [0.05, 0.1) is 10.5 Å². The number of likely N-dealkylation sites (tertiary alicyclic amines) is 1. The zero-order valence-electron chi connectivity index (χ0n) is 16.8. The lowest BCUT2D eigenvalue weighted by Gasteiger charge is -2.24. The Morgan fingerprint density at radius 3 is 2.40 bits per heavy atom. The highest BCUT2D eigenvalue weighted by Gasteiger charge is 2.32. The molecule has 0 radical (unpaired) electrons. The van der Waals surface area contributed by atoms with Crippen molar-refractivity contribution < 1.29 is 21.6 Å². The number of nitrogens with one attached hydrogen (secondary N) is 1. The van der Waals surface area contributed by atoms with Crippen LogP contribution in [0.25, 0.3) is 0 Å². The Balaban J connectivity index is 0.00000320. The predicted molar refractivity (Wildman–Crippen MR) is 115 cm³/mol. The molecule has 30 heavy (non-hydrogen) atoms. The van der Waals surface area contributed by atoms with Crippen LogP contribution in [0.5, 0.6) is 0 Å². The van der Waals surface area contributed by atoms with E-state index in [1.54, 1.807) is 12.1 Å². The lowest BCUT2D eigenvalue weighted by molar-refractivity contribution is -0.137. The summed E-state index contributed by atoms with van der Waals surface area (Å²) in [5.41, 5.74) is 0.461. The van der Waals surface area contributed by atoms with E-state index >= 15 is 0 Å². The number of sulfonamides is 1. The molecule has 0 aromatic heterocycles. The second-order valence-corrected chi connectivity index (χ2v) is 9.11. The van der Waals surface area contributed by atoms with Gasteiger partial charge in [-0.1, -0.05) is 25.1 Å². The Morgan fingerprint density at radius 1 is 1.13 bits per heavy atom. The van der Waals surface area contributed by atoms with Crippen molar-refractivity contribution in [3.63, 3.8) is 0 Å². The van der Waals surface area contributed by atoms with Crippen LogP contribution in [0.15, 0.2) is 53.4 Å². The first kappa shape index (κ1) is 24.5. The molecule has 0 bridgehead atoms. The molecule has 1 heterocycles. The second kappa shape index (κ2) is 9.58. The maximum atomic E-state index is 12.9. The SMILES string of the molecule is CCCN1CCC(c2ccc(NS(=O)(=O)c3cccc(C(F)(F)F)c3)cc2)C1C.Cl. The van der Waals surface area contributed by atoms with Crippen molar-refractivity contribution in [1.82, 2.24) is 4.90 Å². The van der Waals surface area contributed by atoms with Crippen LogP contribution in [0.1, 0.15) is 43.7 Å². The molecule has 1 saturated heterocycles. The number of benzene rings is 2. The first-order valence-corrected chi connectivity index (χ1v) is 11.1. The summed E-state index contributed by atoms with van der Waals surface area (Å²) in [5.74, 6) is 0.385. The third-order valence-corrected chi connectivity index (χ3v) is 6.84. The molecule has 1 aliphatic heterocycles. The average molecular weight is 463 g/mol. The van der Waals surface area contributed by atoms with Crippen molar-refractivity contribution in [3.8, 4) is 0 Å². The van der Waals surface area contributed by atoms with E-state index in [1.807, 2.05) is 12.1 Å². The minimum Gasteiger partial charge on any atom is -0.300 e. The van der Waals surface area contributed by atoms with Gasteiger partial charge in [0.15, 0.2) is 0 Å². The van der Waals surface area contributed by atoms with Crippen LogP contribution in [0.4, 0.5) is 18.9 Å². The number of hydrogen-bond donors (Lipinski definition) is 1. The van der Waals surface area contributed by atoms with Crippen LogP contribution in [0.3, 0.4) is 0 Å². The molecule has 0 saturated carbocycles. The van der Waals surface area contributed by atoms with Crippen molar-refractivity contribution in [2.24, 2.45) is 0 Å². The topological polar surface area (TPSA) is 49.4 Å². The minimum absolute atomic E-state index is 0. The van der Waals surface area contributed by atoms with Crippen molar-refractivity contribution in [2.45, 2.75) is 49.7 Å². The molecule has 3 rings (SSSR count). The van der Waals surface area contributed by atoms with Crippen molar-refractivity contribution in [1.29, 1.82) is 0 Å². The van der Waals surface area contributed by atoms with E-state index in [0.29, 0.717) is 23.7 Å². The zero-order chi connectivity index (χ0) is 21.2. The predicted octanol–water partition coefficient (Wildman–Crippen LogP) is 5.52. The lowest BCUT2D eigenvalue weighted by Crippen LogP contribution is -2.30. The van der Waals surface area contributed by atoms with Gasteiger partial charge < -0.3 is 4.90 Å². The van der Waals surface area contributed by atoms with Gasteiger partial charge in [-0.25, -0.2) is 8.42 Å². The number of alkyl halides is 3.